The number of anilines is 1. The molecule has 3 heterocycles. The molecule has 2 aliphatic heterocycles. The van der Waals surface area contributed by atoms with E-state index in [1.54, 1.807) is 0 Å². The van der Waals surface area contributed by atoms with Crippen LogP contribution in [-0.4, -0.2) is 47.5 Å². The van der Waals surface area contributed by atoms with Crippen LogP contribution in [-0.2, 0) is 13.5 Å². The highest BCUT2D eigenvalue weighted by Gasteiger charge is 2.24. The van der Waals surface area contributed by atoms with Crippen LogP contribution in [0.25, 0.3) is 0 Å². The topological polar surface area (TPSA) is 33.5 Å². The van der Waals surface area contributed by atoms with Gasteiger partial charge < -0.3 is 9.64 Å². The van der Waals surface area contributed by atoms with Crippen molar-refractivity contribution in [2.45, 2.75) is 19.4 Å². The van der Waals surface area contributed by atoms with Crippen LogP contribution in [0.15, 0.2) is 30.6 Å². The summed E-state index contributed by atoms with van der Waals surface area (Å²) in [7, 11) is 1.97. The summed E-state index contributed by atoms with van der Waals surface area (Å²) in [5.74, 6) is 1.09. The lowest BCUT2D eigenvalue weighted by Crippen LogP contribution is -2.47. The van der Waals surface area contributed by atoms with Gasteiger partial charge in [0.1, 0.15) is 5.75 Å². The second-order valence-electron chi connectivity index (χ2n) is 6.54. The van der Waals surface area contributed by atoms with Crippen LogP contribution in [0, 0.1) is 0 Å². The van der Waals surface area contributed by atoms with Gasteiger partial charge in [0.2, 0.25) is 0 Å². The molecule has 0 radical (unpaired) electrons. The van der Waals surface area contributed by atoms with Crippen molar-refractivity contribution >= 4 is 5.69 Å². The number of rotatable bonds is 3. The molecule has 1 atom stereocenters. The van der Waals surface area contributed by atoms with Gasteiger partial charge in [-0.05, 0) is 24.1 Å². The predicted octanol–water partition coefficient (Wildman–Crippen LogP) is 2.24. The van der Waals surface area contributed by atoms with E-state index in [0.717, 1.165) is 45.0 Å². The molecule has 23 heavy (non-hydrogen) atoms. The molecule has 4 rings (SSSR count). The molecule has 0 aliphatic carbocycles. The van der Waals surface area contributed by atoms with E-state index < -0.39 is 0 Å². The maximum atomic E-state index is 5.72. The van der Waals surface area contributed by atoms with Crippen molar-refractivity contribution in [3.63, 3.8) is 0 Å². The van der Waals surface area contributed by atoms with Gasteiger partial charge in [0.25, 0.3) is 0 Å². The summed E-state index contributed by atoms with van der Waals surface area (Å²) in [6, 6.07) is 7.17. The van der Waals surface area contributed by atoms with Crippen LogP contribution in [0.2, 0.25) is 0 Å². The average Bonchev–Trinajstić information content (AvgIpc) is 3.22. The summed E-state index contributed by atoms with van der Waals surface area (Å²) in [6.45, 7) is 7.39. The minimum atomic E-state index is 0.431. The Balaban J connectivity index is 1.41. The number of aryl methyl sites for hydroxylation is 1. The van der Waals surface area contributed by atoms with E-state index in [2.05, 4.69) is 46.2 Å². The van der Waals surface area contributed by atoms with E-state index >= 15 is 0 Å². The Morgan fingerprint density at radius 2 is 2.00 bits per heavy atom. The van der Waals surface area contributed by atoms with Gasteiger partial charge in [-0.2, -0.15) is 5.10 Å². The minimum absolute atomic E-state index is 0.431. The van der Waals surface area contributed by atoms with Crippen molar-refractivity contribution in [3.8, 4) is 5.75 Å². The number of nitrogens with zero attached hydrogens (tertiary/aromatic N) is 4. The molecule has 0 unspecified atom stereocenters. The Morgan fingerprint density at radius 1 is 1.17 bits per heavy atom. The molecule has 1 aromatic carbocycles. The van der Waals surface area contributed by atoms with E-state index in [0.29, 0.717) is 6.04 Å². The first-order valence-corrected chi connectivity index (χ1v) is 8.44. The second kappa shape index (κ2) is 5.89. The quantitative estimate of drug-likeness (QED) is 0.870. The van der Waals surface area contributed by atoms with Gasteiger partial charge >= 0.3 is 0 Å². The summed E-state index contributed by atoms with van der Waals surface area (Å²) in [5.41, 5.74) is 3.94. The Morgan fingerprint density at radius 3 is 2.74 bits per heavy atom. The van der Waals surface area contributed by atoms with Gasteiger partial charge in [0.15, 0.2) is 0 Å². The minimum Gasteiger partial charge on any atom is -0.493 e. The summed E-state index contributed by atoms with van der Waals surface area (Å²) in [5, 5.41) is 4.27. The molecule has 0 bridgehead atoms. The Kier molecular flexibility index (Phi) is 3.73. The summed E-state index contributed by atoms with van der Waals surface area (Å²) < 4.78 is 7.59. The van der Waals surface area contributed by atoms with Crippen LogP contribution in [0.3, 0.4) is 0 Å². The number of hydrogen-bond acceptors (Lipinski definition) is 4. The number of ether oxygens (including phenoxy) is 1. The van der Waals surface area contributed by atoms with Gasteiger partial charge in [-0.3, -0.25) is 9.58 Å². The van der Waals surface area contributed by atoms with Crippen LogP contribution in [0.4, 0.5) is 5.69 Å². The summed E-state index contributed by atoms with van der Waals surface area (Å²) in [6.07, 6.45) is 5.10. The zero-order valence-corrected chi connectivity index (χ0v) is 13.9. The molecule has 0 spiro atoms. The number of hydrogen-bond donors (Lipinski definition) is 0. The number of benzene rings is 1. The molecular formula is C18H24N4O. The zero-order valence-electron chi connectivity index (χ0n) is 13.9. The first-order chi connectivity index (χ1) is 11.2. The van der Waals surface area contributed by atoms with Gasteiger partial charge in [0, 0.05) is 51.9 Å². The van der Waals surface area contributed by atoms with Gasteiger partial charge in [-0.25, -0.2) is 0 Å². The van der Waals surface area contributed by atoms with Gasteiger partial charge in [-0.1, -0.05) is 12.1 Å². The number of fused-ring (bicyclic) bond motifs is 1. The van der Waals surface area contributed by atoms with Gasteiger partial charge in [0.05, 0.1) is 18.5 Å². The molecule has 5 nitrogen and oxygen atoms in total. The molecule has 1 aromatic heterocycles. The van der Waals surface area contributed by atoms with E-state index in [1.165, 1.54) is 16.8 Å². The van der Waals surface area contributed by atoms with Crippen LogP contribution in [0.1, 0.15) is 24.1 Å². The van der Waals surface area contributed by atoms with Gasteiger partial charge in [-0.15, -0.1) is 0 Å². The third-order valence-corrected chi connectivity index (χ3v) is 5.12. The summed E-state index contributed by atoms with van der Waals surface area (Å²) in [4.78, 5) is 4.98. The Hall–Kier alpha value is -2.01. The lowest BCUT2D eigenvalue weighted by atomic mass is 10.0. The third-order valence-electron chi connectivity index (χ3n) is 5.12. The Labute approximate surface area is 137 Å². The molecule has 0 saturated carbocycles. The third kappa shape index (κ3) is 2.81. The zero-order chi connectivity index (χ0) is 15.8. The molecule has 2 aliphatic rings. The normalized spacial score (nSPS) is 19.5. The highest BCUT2D eigenvalue weighted by molar-refractivity contribution is 5.43. The van der Waals surface area contributed by atoms with E-state index in [9.17, 15) is 0 Å². The van der Waals surface area contributed by atoms with Crippen LogP contribution in [0.5, 0.6) is 5.75 Å². The lowest BCUT2D eigenvalue weighted by molar-refractivity contribution is 0.198. The first-order valence-electron chi connectivity index (χ1n) is 8.44. The molecule has 0 N–H and O–H groups in total. The van der Waals surface area contributed by atoms with Crippen LogP contribution >= 0.6 is 0 Å². The molecule has 1 saturated heterocycles. The smallest absolute Gasteiger partial charge is 0.122 e. The lowest BCUT2D eigenvalue weighted by Gasteiger charge is -2.38. The van der Waals surface area contributed by atoms with Crippen molar-refractivity contribution in [2.75, 3.05) is 37.7 Å². The molecule has 0 amide bonds. The predicted molar refractivity (Wildman–Crippen MR) is 91.1 cm³/mol. The molecule has 2 aromatic rings. The molecule has 1 fully saturated rings. The fraction of sp³-hybridized carbons (Fsp3) is 0.500. The largest absolute Gasteiger partial charge is 0.493 e. The standard InChI is InChI=1S/C18H24N4O/c1-14(16-4-3-15-5-10-23-18(15)11-16)21-6-8-22(9-7-21)17-12-19-20(2)13-17/h3-4,11-14H,5-10H2,1-2H3/t14-/m0/s1. The SMILES string of the molecule is C[C@@H](c1ccc2c(c1)OCC2)N1CCN(c2cnn(C)c2)CC1. The van der Waals surface area contributed by atoms with E-state index in [1.807, 2.05) is 17.9 Å². The molecular weight excluding hydrogens is 288 g/mol. The first kappa shape index (κ1) is 14.6. The maximum absolute atomic E-state index is 5.72. The second-order valence-corrected chi connectivity index (χ2v) is 6.54. The van der Waals surface area contributed by atoms with Crippen molar-refractivity contribution in [2.24, 2.45) is 7.05 Å². The number of aromatic nitrogens is 2. The van der Waals surface area contributed by atoms with E-state index in [-0.39, 0.29) is 0 Å². The monoisotopic (exact) mass is 312 g/mol. The van der Waals surface area contributed by atoms with Crippen LogP contribution < -0.4 is 9.64 Å². The highest BCUT2D eigenvalue weighted by Crippen LogP contribution is 2.31. The Bertz CT molecular complexity index is 688. The highest BCUT2D eigenvalue weighted by atomic mass is 16.5. The van der Waals surface area contributed by atoms with Crippen molar-refractivity contribution in [3.05, 3.63) is 41.7 Å². The molecule has 5 heteroatoms. The van der Waals surface area contributed by atoms with Crippen molar-refractivity contribution in [1.82, 2.24) is 14.7 Å². The van der Waals surface area contributed by atoms with E-state index in [4.69, 9.17) is 4.74 Å². The summed E-state index contributed by atoms with van der Waals surface area (Å²) >= 11 is 0. The average molecular weight is 312 g/mol. The fourth-order valence-electron chi connectivity index (χ4n) is 3.59. The number of piperazine rings is 1. The van der Waals surface area contributed by atoms with Crippen molar-refractivity contribution < 1.29 is 4.74 Å². The molecule has 122 valence electrons. The van der Waals surface area contributed by atoms with Crippen molar-refractivity contribution in [1.29, 1.82) is 0 Å². The fourth-order valence-corrected chi connectivity index (χ4v) is 3.59. The maximum Gasteiger partial charge on any atom is 0.122 e.